The molecule has 12 heteroatoms. The van der Waals surface area contributed by atoms with E-state index in [9.17, 15) is 10.2 Å². The molecule has 0 spiro atoms. The van der Waals surface area contributed by atoms with Gasteiger partial charge in [-0.25, -0.2) is 0 Å². The summed E-state index contributed by atoms with van der Waals surface area (Å²) in [5.41, 5.74) is 2.33. The van der Waals surface area contributed by atoms with Gasteiger partial charge in [-0.15, -0.1) is 0 Å². The first-order valence-corrected chi connectivity index (χ1v) is 19.0. The van der Waals surface area contributed by atoms with Crippen LogP contribution in [-0.2, 0) is 0 Å². The second-order valence-electron chi connectivity index (χ2n) is 14.9. The lowest BCUT2D eigenvalue weighted by molar-refractivity contribution is 0.132. The zero-order valence-electron chi connectivity index (χ0n) is 30.8. The molecule has 0 bridgehead atoms. The highest BCUT2D eigenvalue weighted by molar-refractivity contribution is 7.20. The Morgan fingerprint density at radius 2 is 1.02 bits per heavy atom. The molecule has 2 heterocycles. The molecule has 0 saturated heterocycles. The van der Waals surface area contributed by atoms with Crippen LogP contribution in [0.15, 0.2) is 24.3 Å². The number of hydrogen-bond donors (Lipinski definition) is 4. The van der Waals surface area contributed by atoms with Crippen molar-refractivity contribution >= 4 is 43.1 Å². The van der Waals surface area contributed by atoms with E-state index in [-0.39, 0.29) is 23.4 Å². The van der Waals surface area contributed by atoms with E-state index >= 15 is 0 Å². The molecule has 49 heavy (non-hydrogen) atoms. The molecule has 0 aliphatic carbocycles. The first kappa shape index (κ1) is 39.1. The van der Waals surface area contributed by atoms with Crippen LogP contribution in [0.25, 0.3) is 20.4 Å². The number of nitrogens with zero attached hydrogens (tertiary/aromatic N) is 2. The molecule has 10 nitrogen and oxygen atoms in total. The highest BCUT2D eigenvalue weighted by Gasteiger charge is 2.24. The van der Waals surface area contributed by atoms with E-state index in [0.29, 0.717) is 35.0 Å². The molecular formula is C37H56N4O6S2. The maximum atomic E-state index is 11.1. The first-order chi connectivity index (χ1) is 23.0. The molecule has 0 unspecified atom stereocenters. The van der Waals surface area contributed by atoms with E-state index in [0.717, 1.165) is 63.9 Å². The van der Waals surface area contributed by atoms with Crippen LogP contribution in [0.5, 0.6) is 21.9 Å². The number of thiazole rings is 2. The molecule has 272 valence electrons. The minimum Gasteiger partial charge on any atom is -0.486 e. The SMILES string of the molecule is CC(C)Oc1nc2c(OC(C)(C)C)ccc([C@H](O)CNCCCCCNC[C@H](O)c3ccc(OC(C)(C)C)c4nc(OC(C)C)sc34)c2s1. The second kappa shape index (κ2) is 17.0. The third-order valence-corrected chi connectivity index (χ3v) is 9.13. The summed E-state index contributed by atoms with van der Waals surface area (Å²) in [6, 6.07) is 7.65. The van der Waals surface area contributed by atoms with Crippen molar-refractivity contribution in [1.82, 2.24) is 20.6 Å². The third kappa shape index (κ3) is 11.7. The average molecular weight is 717 g/mol. The number of nitrogens with one attached hydrogen (secondary N) is 2. The molecule has 4 rings (SSSR count). The summed E-state index contributed by atoms with van der Waals surface area (Å²) in [5, 5.41) is 30.2. The first-order valence-electron chi connectivity index (χ1n) is 17.4. The number of fused-ring (bicyclic) bond motifs is 2. The molecule has 0 aliphatic rings. The number of aliphatic hydroxyl groups is 2. The fourth-order valence-electron chi connectivity index (χ4n) is 5.19. The van der Waals surface area contributed by atoms with Gasteiger partial charge >= 0.3 is 0 Å². The van der Waals surface area contributed by atoms with E-state index < -0.39 is 12.2 Å². The van der Waals surface area contributed by atoms with Crippen molar-refractivity contribution < 1.29 is 29.2 Å². The summed E-state index contributed by atoms with van der Waals surface area (Å²) in [6.07, 6.45) is 1.61. The minimum atomic E-state index is -0.686. The van der Waals surface area contributed by atoms with Crippen LogP contribution in [0.1, 0.15) is 112 Å². The normalized spacial score (nSPS) is 13.8. The topological polar surface area (TPSA) is 127 Å². The van der Waals surface area contributed by atoms with E-state index in [4.69, 9.17) is 28.9 Å². The zero-order valence-corrected chi connectivity index (χ0v) is 32.4. The molecule has 0 radical (unpaired) electrons. The maximum Gasteiger partial charge on any atom is 0.274 e. The Kier molecular flexibility index (Phi) is 13.5. The fourth-order valence-corrected chi connectivity index (χ4v) is 7.43. The summed E-state index contributed by atoms with van der Waals surface area (Å²) < 4.78 is 25.9. The van der Waals surface area contributed by atoms with Crippen molar-refractivity contribution in [3.05, 3.63) is 35.4 Å². The Morgan fingerprint density at radius 1 is 0.633 bits per heavy atom. The molecule has 0 aliphatic heterocycles. The molecular weight excluding hydrogens is 661 g/mol. The van der Waals surface area contributed by atoms with Crippen LogP contribution in [-0.4, -0.2) is 69.8 Å². The van der Waals surface area contributed by atoms with Crippen LogP contribution in [0.3, 0.4) is 0 Å². The van der Waals surface area contributed by atoms with Crippen LogP contribution in [0.4, 0.5) is 0 Å². The Hall–Kier alpha value is -2.74. The summed E-state index contributed by atoms with van der Waals surface area (Å²) >= 11 is 2.88. The van der Waals surface area contributed by atoms with Gasteiger partial charge in [0.1, 0.15) is 33.7 Å². The van der Waals surface area contributed by atoms with Crippen molar-refractivity contribution in [3.63, 3.8) is 0 Å². The summed E-state index contributed by atoms with van der Waals surface area (Å²) in [5.74, 6) is 1.38. The van der Waals surface area contributed by atoms with Gasteiger partial charge in [0.25, 0.3) is 10.4 Å². The Bertz CT molecular complexity index is 1520. The Morgan fingerprint density at radius 3 is 1.37 bits per heavy atom. The van der Waals surface area contributed by atoms with Crippen molar-refractivity contribution in [2.45, 2.75) is 124 Å². The molecule has 4 N–H and O–H groups in total. The van der Waals surface area contributed by atoms with Crippen molar-refractivity contribution in [2.75, 3.05) is 26.2 Å². The summed E-state index contributed by atoms with van der Waals surface area (Å²) in [4.78, 5) is 9.39. The largest absolute Gasteiger partial charge is 0.486 e. The number of aliphatic hydroxyl groups excluding tert-OH is 2. The fraction of sp³-hybridized carbons (Fsp3) is 0.622. The van der Waals surface area contributed by atoms with E-state index in [2.05, 4.69) is 10.6 Å². The lowest BCUT2D eigenvalue weighted by atomic mass is 10.1. The van der Waals surface area contributed by atoms with Gasteiger partial charge in [-0.05, 0) is 107 Å². The Balaban J connectivity index is 1.23. The summed E-state index contributed by atoms with van der Waals surface area (Å²) in [7, 11) is 0. The number of rotatable bonds is 18. The van der Waals surface area contributed by atoms with Crippen molar-refractivity contribution in [2.24, 2.45) is 0 Å². The Labute approximate surface area is 299 Å². The number of hydrogen-bond acceptors (Lipinski definition) is 12. The molecule has 2 aromatic heterocycles. The summed E-state index contributed by atoms with van der Waals surface area (Å²) in [6.45, 7) is 22.4. The molecule has 2 atom stereocenters. The lowest BCUT2D eigenvalue weighted by Crippen LogP contribution is -2.24. The predicted octanol–water partition coefficient (Wildman–Crippen LogP) is 7.95. The maximum absolute atomic E-state index is 11.1. The second-order valence-corrected chi connectivity index (χ2v) is 16.8. The van der Waals surface area contributed by atoms with Gasteiger partial charge in [-0.2, -0.15) is 9.97 Å². The van der Waals surface area contributed by atoms with Crippen LogP contribution < -0.4 is 29.6 Å². The molecule has 0 fully saturated rings. The number of ether oxygens (including phenoxy) is 4. The average Bonchev–Trinajstić information content (AvgIpc) is 3.59. The van der Waals surface area contributed by atoms with Gasteiger partial charge in [0, 0.05) is 24.2 Å². The monoisotopic (exact) mass is 716 g/mol. The third-order valence-electron chi connectivity index (χ3n) is 7.14. The standard InChI is InChI=1S/C37H56N4O6S2/c1-22(2)44-34-40-30-28(46-36(5,6)7)16-14-24(32(30)48-34)26(42)20-38-18-12-11-13-19-39-21-27(43)25-15-17-29(47-37(8,9)10)31-33(25)49-35(41-31)45-23(3)4/h14-17,22-23,26-27,38-39,42-43H,11-13,18-21H2,1-10H3/t26-,27+. The highest BCUT2D eigenvalue weighted by atomic mass is 32.1. The van der Waals surface area contributed by atoms with Gasteiger partial charge in [0.2, 0.25) is 0 Å². The van der Waals surface area contributed by atoms with Crippen molar-refractivity contribution in [1.29, 1.82) is 0 Å². The van der Waals surface area contributed by atoms with Crippen LogP contribution in [0.2, 0.25) is 0 Å². The van der Waals surface area contributed by atoms with E-state index in [1.165, 1.54) is 22.7 Å². The van der Waals surface area contributed by atoms with Crippen LogP contribution in [0, 0.1) is 0 Å². The molecule has 4 aromatic rings. The van der Waals surface area contributed by atoms with Gasteiger partial charge in [-0.1, -0.05) is 41.2 Å². The van der Waals surface area contributed by atoms with Gasteiger partial charge in [-0.3, -0.25) is 0 Å². The molecule has 0 amide bonds. The number of benzene rings is 2. The lowest BCUT2D eigenvalue weighted by Gasteiger charge is -2.22. The number of unbranched alkanes of at least 4 members (excludes halogenated alkanes) is 2. The minimum absolute atomic E-state index is 0.00225. The van der Waals surface area contributed by atoms with Crippen LogP contribution >= 0.6 is 22.7 Å². The quantitative estimate of drug-likeness (QED) is 0.0754. The zero-order chi connectivity index (χ0) is 35.9. The number of aromatic nitrogens is 2. The van der Waals surface area contributed by atoms with Crippen molar-refractivity contribution in [3.8, 4) is 21.9 Å². The van der Waals surface area contributed by atoms with Gasteiger partial charge in [0.15, 0.2) is 0 Å². The smallest absolute Gasteiger partial charge is 0.274 e. The molecule has 2 aromatic carbocycles. The predicted molar refractivity (Wildman–Crippen MR) is 201 cm³/mol. The molecule has 0 saturated carbocycles. The van der Waals surface area contributed by atoms with E-state index in [1.807, 2.05) is 93.5 Å². The highest BCUT2D eigenvalue weighted by Crippen LogP contribution is 2.41. The van der Waals surface area contributed by atoms with Gasteiger partial charge < -0.3 is 39.8 Å². The van der Waals surface area contributed by atoms with E-state index in [1.54, 1.807) is 0 Å². The van der Waals surface area contributed by atoms with Gasteiger partial charge in [0.05, 0.1) is 33.8 Å².